The number of rotatable bonds is 7. The number of aromatic nitrogens is 2. The fraction of sp³-hybridized carbons (Fsp3) is 0.346. The van der Waals surface area contributed by atoms with E-state index in [4.69, 9.17) is 0 Å². The van der Waals surface area contributed by atoms with Crippen LogP contribution in [-0.2, 0) is 6.54 Å². The van der Waals surface area contributed by atoms with Gasteiger partial charge in [-0.2, -0.15) is 0 Å². The van der Waals surface area contributed by atoms with Crippen LogP contribution in [0.5, 0.6) is 0 Å². The molecule has 1 aromatic carbocycles. The predicted molar refractivity (Wildman–Crippen MR) is 129 cm³/mol. The topological polar surface area (TPSA) is 61.4 Å². The zero-order valence-electron chi connectivity index (χ0n) is 18.9. The lowest BCUT2D eigenvalue weighted by atomic mass is 10.0. The normalized spacial score (nSPS) is 14.5. The van der Waals surface area contributed by atoms with Gasteiger partial charge < -0.3 is 15.1 Å². The van der Waals surface area contributed by atoms with Crippen molar-refractivity contribution in [1.82, 2.24) is 20.2 Å². The Morgan fingerprint density at radius 2 is 1.91 bits per heavy atom. The number of pyridine rings is 2. The summed E-state index contributed by atoms with van der Waals surface area (Å²) in [5.74, 6) is 0.999. The highest BCUT2D eigenvalue weighted by Crippen LogP contribution is 2.21. The van der Waals surface area contributed by atoms with E-state index in [1.54, 1.807) is 6.20 Å². The largest absolute Gasteiger partial charge is 0.356 e. The van der Waals surface area contributed by atoms with Crippen LogP contribution >= 0.6 is 0 Å². The van der Waals surface area contributed by atoms with Gasteiger partial charge in [-0.15, -0.1) is 0 Å². The molecule has 0 saturated carbocycles. The van der Waals surface area contributed by atoms with E-state index in [-0.39, 0.29) is 11.9 Å². The zero-order valence-corrected chi connectivity index (χ0v) is 18.9. The fourth-order valence-corrected chi connectivity index (χ4v) is 4.02. The highest BCUT2D eigenvalue weighted by atomic mass is 16.1. The van der Waals surface area contributed by atoms with E-state index in [9.17, 15) is 4.79 Å². The molecular weight excluding hydrogens is 398 g/mol. The number of amides is 1. The Kier molecular flexibility index (Phi) is 7.12. The van der Waals surface area contributed by atoms with Gasteiger partial charge in [-0.1, -0.05) is 31.2 Å². The number of nitrogens with one attached hydrogen (secondary N) is 1. The van der Waals surface area contributed by atoms with Crippen LogP contribution in [0.2, 0.25) is 0 Å². The quantitative estimate of drug-likeness (QED) is 0.615. The summed E-state index contributed by atoms with van der Waals surface area (Å²) in [7, 11) is 2.11. The van der Waals surface area contributed by atoms with Crippen molar-refractivity contribution in [2.75, 3.05) is 31.6 Å². The lowest BCUT2D eigenvalue weighted by Gasteiger charge is -2.33. The molecule has 1 aliphatic rings. The highest BCUT2D eigenvalue weighted by molar-refractivity contribution is 5.95. The highest BCUT2D eigenvalue weighted by Gasteiger charge is 2.22. The Morgan fingerprint density at radius 3 is 2.59 bits per heavy atom. The van der Waals surface area contributed by atoms with Crippen LogP contribution in [0.15, 0.2) is 67.1 Å². The molecule has 32 heavy (non-hydrogen) atoms. The Morgan fingerprint density at radius 1 is 1.09 bits per heavy atom. The van der Waals surface area contributed by atoms with Gasteiger partial charge in [0, 0.05) is 55.4 Å². The minimum atomic E-state index is -0.0169. The molecule has 4 rings (SSSR count). The number of benzene rings is 1. The second-order valence-electron chi connectivity index (χ2n) is 8.41. The van der Waals surface area contributed by atoms with Gasteiger partial charge in [0.2, 0.25) is 0 Å². The van der Waals surface area contributed by atoms with Crippen LogP contribution in [0.1, 0.15) is 35.7 Å². The second-order valence-corrected chi connectivity index (χ2v) is 8.41. The van der Waals surface area contributed by atoms with Gasteiger partial charge in [-0.05, 0) is 61.8 Å². The smallest absolute Gasteiger partial charge is 0.251 e. The molecule has 2 aromatic heterocycles. The molecule has 1 aliphatic heterocycles. The van der Waals surface area contributed by atoms with E-state index in [2.05, 4.69) is 51.2 Å². The summed E-state index contributed by atoms with van der Waals surface area (Å²) in [6.07, 6.45) is 7.37. The second kappa shape index (κ2) is 10.4. The molecule has 1 fully saturated rings. The number of hydrogen-bond acceptors (Lipinski definition) is 5. The van der Waals surface area contributed by atoms with Crippen molar-refractivity contribution < 1.29 is 4.79 Å². The maximum absolute atomic E-state index is 12.8. The van der Waals surface area contributed by atoms with Crippen LogP contribution in [-0.4, -0.2) is 53.5 Å². The predicted octanol–water partition coefficient (Wildman–Crippen LogP) is 3.99. The molecule has 1 saturated heterocycles. The molecule has 1 amide bonds. The molecule has 0 bridgehead atoms. The third-order valence-electron chi connectivity index (χ3n) is 6.08. The van der Waals surface area contributed by atoms with Crippen LogP contribution in [0.4, 0.5) is 5.82 Å². The number of anilines is 1. The standard InChI is InChI=1S/C26H31N5O/c1-3-30(2)19-20-9-10-25(28-17-20)31-14-11-24(12-15-31)29-26(32)22-7-4-6-21(16-22)23-8-5-13-27-18-23/h4-10,13,16-18,24H,3,11-12,14-15,19H2,1-2H3,(H,29,32). The summed E-state index contributed by atoms with van der Waals surface area (Å²) in [5.41, 5.74) is 3.92. The molecule has 0 aliphatic carbocycles. The van der Waals surface area contributed by atoms with Gasteiger partial charge in [0.05, 0.1) is 0 Å². The summed E-state index contributed by atoms with van der Waals surface area (Å²) in [6.45, 7) is 5.88. The van der Waals surface area contributed by atoms with E-state index in [1.807, 2.05) is 48.8 Å². The van der Waals surface area contributed by atoms with E-state index in [0.717, 1.165) is 56.0 Å². The number of carbonyl (C=O) groups excluding carboxylic acids is 1. The van der Waals surface area contributed by atoms with E-state index >= 15 is 0 Å². The Balaban J connectivity index is 1.31. The number of carbonyl (C=O) groups is 1. The summed E-state index contributed by atoms with van der Waals surface area (Å²) in [6, 6.07) is 16.1. The summed E-state index contributed by atoms with van der Waals surface area (Å²) in [4.78, 5) is 26.2. The third-order valence-corrected chi connectivity index (χ3v) is 6.08. The van der Waals surface area contributed by atoms with Crippen molar-refractivity contribution in [1.29, 1.82) is 0 Å². The molecule has 0 spiro atoms. The minimum Gasteiger partial charge on any atom is -0.356 e. The first-order chi connectivity index (χ1) is 15.6. The minimum absolute atomic E-state index is 0.0169. The molecule has 6 heteroatoms. The Labute approximate surface area is 190 Å². The van der Waals surface area contributed by atoms with Gasteiger partial charge in [-0.3, -0.25) is 9.78 Å². The monoisotopic (exact) mass is 429 g/mol. The maximum atomic E-state index is 12.8. The van der Waals surface area contributed by atoms with Crippen LogP contribution in [0.25, 0.3) is 11.1 Å². The first-order valence-electron chi connectivity index (χ1n) is 11.3. The third kappa shape index (κ3) is 5.51. The molecular formula is C26H31N5O. The average molecular weight is 430 g/mol. The number of piperidine rings is 1. The zero-order chi connectivity index (χ0) is 22.3. The molecule has 1 N–H and O–H groups in total. The molecule has 3 heterocycles. The summed E-state index contributed by atoms with van der Waals surface area (Å²) in [5, 5.41) is 3.22. The number of hydrogen-bond donors (Lipinski definition) is 1. The lowest BCUT2D eigenvalue weighted by molar-refractivity contribution is 0.0931. The molecule has 0 atom stereocenters. The van der Waals surface area contributed by atoms with E-state index in [1.165, 1.54) is 5.56 Å². The van der Waals surface area contributed by atoms with Crippen molar-refractivity contribution in [3.63, 3.8) is 0 Å². The average Bonchev–Trinajstić information content (AvgIpc) is 2.85. The van der Waals surface area contributed by atoms with Gasteiger partial charge in [0.15, 0.2) is 0 Å². The molecule has 0 unspecified atom stereocenters. The molecule has 166 valence electrons. The first kappa shape index (κ1) is 22.0. The summed E-state index contributed by atoms with van der Waals surface area (Å²) < 4.78 is 0. The van der Waals surface area contributed by atoms with Crippen LogP contribution < -0.4 is 10.2 Å². The van der Waals surface area contributed by atoms with Gasteiger partial charge in [0.1, 0.15) is 5.82 Å². The van der Waals surface area contributed by atoms with E-state index in [0.29, 0.717) is 5.56 Å². The Bertz CT molecular complexity index is 1010. The van der Waals surface area contributed by atoms with Gasteiger partial charge in [-0.25, -0.2) is 4.98 Å². The van der Waals surface area contributed by atoms with Crippen molar-refractivity contribution in [3.8, 4) is 11.1 Å². The van der Waals surface area contributed by atoms with Gasteiger partial charge in [0.25, 0.3) is 5.91 Å². The van der Waals surface area contributed by atoms with Crippen molar-refractivity contribution in [3.05, 3.63) is 78.2 Å². The number of nitrogens with zero attached hydrogens (tertiary/aromatic N) is 4. The van der Waals surface area contributed by atoms with E-state index < -0.39 is 0 Å². The SMILES string of the molecule is CCN(C)Cc1ccc(N2CCC(NC(=O)c3cccc(-c4cccnc4)c3)CC2)nc1. The van der Waals surface area contributed by atoms with Crippen LogP contribution in [0.3, 0.4) is 0 Å². The maximum Gasteiger partial charge on any atom is 0.251 e. The van der Waals surface area contributed by atoms with Crippen molar-refractivity contribution in [2.45, 2.75) is 32.4 Å². The van der Waals surface area contributed by atoms with Gasteiger partial charge >= 0.3 is 0 Å². The summed E-state index contributed by atoms with van der Waals surface area (Å²) >= 11 is 0. The lowest BCUT2D eigenvalue weighted by Crippen LogP contribution is -2.45. The molecule has 3 aromatic rings. The van der Waals surface area contributed by atoms with Crippen LogP contribution in [0, 0.1) is 0 Å². The molecule has 0 radical (unpaired) electrons. The first-order valence-corrected chi connectivity index (χ1v) is 11.3. The van der Waals surface area contributed by atoms with Crippen molar-refractivity contribution >= 4 is 11.7 Å². The fourth-order valence-electron chi connectivity index (χ4n) is 4.02. The van der Waals surface area contributed by atoms with Crippen molar-refractivity contribution in [2.24, 2.45) is 0 Å². The molecule has 6 nitrogen and oxygen atoms in total. The Hall–Kier alpha value is -3.25.